The van der Waals surface area contributed by atoms with E-state index >= 15 is 0 Å². The van der Waals surface area contributed by atoms with E-state index < -0.39 is 0 Å². The minimum atomic E-state index is -0.229. The van der Waals surface area contributed by atoms with Gasteiger partial charge in [-0.15, -0.1) is 0 Å². The number of rotatable bonds is 7. The predicted molar refractivity (Wildman–Crippen MR) is 111 cm³/mol. The summed E-state index contributed by atoms with van der Waals surface area (Å²) in [6.45, 7) is 4.75. The van der Waals surface area contributed by atoms with Gasteiger partial charge in [0.2, 0.25) is 5.95 Å². The van der Waals surface area contributed by atoms with Crippen molar-refractivity contribution in [1.82, 2.24) is 9.97 Å². The molecule has 1 heterocycles. The number of aromatic nitrogens is 2. The maximum Gasteiger partial charge on any atom is 0.258 e. The number of carbonyl (C=O) groups is 1. The van der Waals surface area contributed by atoms with Crippen LogP contribution in [0.2, 0.25) is 0 Å². The van der Waals surface area contributed by atoms with E-state index in [2.05, 4.69) is 20.6 Å². The predicted octanol–water partition coefficient (Wildman–Crippen LogP) is 4.01. The van der Waals surface area contributed by atoms with Crippen molar-refractivity contribution in [1.29, 1.82) is 0 Å². The molecule has 28 heavy (non-hydrogen) atoms. The van der Waals surface area contributed by atoms with Gasteiger partial charge in [0.25, 0.3) is 5.91 Å². The Kier molecular flexibility index (Phi) is 6.22. The summed E-state index contributed by atoms with van der Waals surface area (Å²) < 4.78 is 5.15. The van der Waals surface area contributed by atoms with Gasteiger partial charge in [0.05, 0.1) is 12.7 Å². The van der Waals surface area contributed by atoms with Crippen molar-refractivity contribution < 1.29 is 9.53 Å². The molecule has 0 saturated carbocycles. The van der Waals surface area contributed by atoms with Crippen LogP contribution in [0.1, 0.15) is 27.0 Å². The zero-order valence-electron chi connectivity index (χ0n) is 16.3. The van der Waals surface area contributed by atoms with Crippen LogP contribution in [-0.4, -0.2) is 29.5 Å². The van der Waals surface area contributed by atoms with Crippen molar-refractivity contribution in [3.05, 3.63) is 77.1 Å². The van der Waals surface area contributed by atoms with E-state index in [4.69, 9.17) is 4.74 Å². The summed E-state index contributed by atoms with van der Waals surface area (Å²) in [6.07, 6.45) is 3.89. The van der Waals surface area contributed by atoms with Gasteiger partial charge in [0.15, 0.2) is 0 Å². The monoisotopic (exact) mass is 376 g/mol. The molecule has 144 valence electrons. The molecule has 6 nitrogen and oxygen atoms in total. The lowest BCUT2D eigenvalue weighted by molar-refractivity contribution is 0.102. The molecule has 2 aromatic carbocycles. The molecule has 0 atom stereocenters. The van der Waals surface area contributed by atoms with Gasteiger partial charge in [-0.3, -0.25) is 4.79 Å². The first-order valence-corrected chi connectivity index (χ1v) is 9.12. The highest BCUT2D eigenvalue weighted by Gasteiger charge is 2.08. The zero-order valence-corrected chi connectivity index (χ0v) is 16.3. The Morgan fingerprint density at radius 2 is 1.71 bits per heavy atom. The van der Waals surface area contributed by atoms with Gasteiger partial charge in [-0.2, -0.15) is 0 Å². The lowest BCUT2D eigenvalue weighted by Gasteiger charge is -2.08. The molecule has 0 saturated heterocycles. The van der Waals surface area contributed by atoms with E-state index in [9.17, 15) is 4.79 Å². The molecule has 0 fully saturated rings. The van der Waals surface area contributed by atoms with Crippen LogP contribution in [0.3, 0.4) is 0 Å². The minimum Gasteiger partial charge on any atom is -0.497 e. The maximum absolute atomic E-state index is 12.4. The molecule has 0 spiro atoms. The number of hydrogen-bond acceptors (Lipinski definition) is 5. The first kappa shape index (κ1) is 19.4. The number of carbonyl (C=O) groups excluding carboxylic acids is 1. The molecular weight excluding hydrogens is 352 g/mol. The fraction of sp³-hybridized carbons (Fsp3) is 0.227. The SMILES string of the molecule is COc1ccc(CCNc2ncc(C(=O)Nc3ccc(C)c(C)c3)cn2)cc1. The summed E-state index contributed by atoms with van der Waals surface area (Å²) in [5.74, 6) is 1.11. The summed E-state index contributed by atoms with van der Waals surface area (Å²) in [7, 11) is 1.65. The van der Waals surface area contributed by atoms with Gasteiger partial charge in [-0.25, -0.2) is 9.97 Å². The number of ether oxygens (including phenoxy) is 1. The average Bonchev–Trinajstić information content (AvgIpc) is 2.72. The highest BCUT2D eigenvalue weighted by Crippen LogP contribution is 2.15. The van der Waals surface area contributed by atoms with Crippen LogP contribution in [-0.2, 0) is 6.42 Å². The summed E-state index contributed by atoms with van der Waals surface area (Å²) in [6, 6.07) is 13.8. The van der Waals surface area contributed by atoms with Gasteiger partial charge >= 0.3 is 0 Å². The molecule has 0 aliphatic heterocycles. The second kappa shape index (κ2) is 8.99. The molecule has 6 heteroatoms. The number of methoxy groups -OCH3 is 1. The molecule has 2 N–H and O–H groups in total. The number of amides is 1. The van der Waals surface area contributed by atoms with Crippen LogP contribution in [0.15, 0.2) is 54.9 Å². The van der Waals surface area contributed by atoms with E-state index in [1.54, 1.807) is 7.11 Å². The molecular formula is C22H24N4O2. The molecule has 0 radical (unpaired) electrons. The third-order valence-electron chi connectivity index (χ3n) is 4.53. The summed E-state index contributed by atoms with van der Waals surface area (Å²) in [5.41, 5.74) is 4.68. The van der Waals surface area contributed by atoms with Crippen LogP contribution in [0.25, 0.3) is 0 Å². The third kappa shape index (κ3) is 5.07. The summed E-state index contributed by atoms with van der Waals surface area (Å²) in [5, 5.41) is 6.04. The maximum atomic E-state index is 12.4. The first-order chi connectivity index (χ1) is 13.5. The topological polar surface area (TPSA) is 76.1 Å². The molecule has 1 amide bonds. The molecule has 0 unspecified atom stereocenters. The van der Waals surface area contributed by atoms with Gasteiger partial charge < -0.3 is 15.4 Å². The summed E-state index contributed by atoms with van der Waals surface area (Å²) >= 11 is 0. The fourth-order valence-corrected chi connectivity index (χ4v) is 2.67. The number of anilines is 2. The minimum absolute atomic E-state index is 0.229. The van der Waals surface area contributed by atoms with E-state index in [-0.39, 0.29) is 5.91 Å². The second-order valence-electron chi connectivity index (χ2n) is 6.57. The lowest BCUT2D eigenvalue weighted by Crippen LogP contribution is -2.14. The Balaban J connectivity index is 1.52. The highest BCUT2D eigenvalue weighted by atomic mass is 16.5. The smallest absolute Gasteiger partial charge is 0.258 e. The van der Waals surface area contributed by atoms with Crippen molar-refractivity contribution in [3.8, 4) is 5.75 Å². The Morgan fingerprint density at radius 3 is 2.36 bits per heavy atom. The number of benzene rings is 2. The highest BCUT2D eigenvalue weighted by molar-refractivity contribution is 6.03. The van der Waals surface area contributed by atoms with E-state index in [1.807, 2.05) is 56.3 Å². The number of nitrogens with one attached hydrogen (secondary N) is 2. The van der Waals surface area contributed by atoms with Gasteiger partial charge in [-0.05, 0) is 61.2 Å². The second-order valence-corrected chi connectivity index (χ2v) is 6.57. The Hall–Kier alpha value is -3.41. The van der Waals surface area contributed by atoms with Crippen LogP contribution in [0, 0.1) is 13.8 Å². The van der Waals surface area contributed by atoms with Crippen molar-refractivity contribution in [2.75, 3.05) is 24.3 Å². The normalized spacial score (nSPS) is 10.4. The van der Waals surface area contributed by atoms with Gasteiger partial charge in [0, 0.05) is 24.6 Å². The number of hydrogen-bond donors (Lipinski definition) is 2. The van der Waals surface area contributed by atoms with E-state index in [0.29, 0.717) is 18.1 Å². The number of nitrogens with zero attached hydrogens (tertiary/aromatic N) is 2. The average molecular weight is 376 g/mol. The van der Waals surface area contributed by atoms with E-state index in [1.165, 1.54) is 23.5 Å². The lowest BCUT2D eigenvalue weighted by atomic mass is 10.1. The molecule has 3 aromatic rings. The third-order valence-corrected chi connectivity index (χ3v) is 4.53. The molecule has 0 aliphatic carbocycles. The van der Waals surface area contributed by atoms with Gasteiger partial charge in [0.1, 0.15) is 5.75 Å². The number of aryl methyl sites for hydroxylation is 2. The zero-order chi connectivity index (χ0) is 19.9. The first-order valence-electron chi connectivity index (χ1n) is 9.12. The Morgan fingerprint density at radius 1 is 1.00 bits per heavy atom. The Bertz CT molecular complexity index is 938. The van der Waals surface area contributed by atoms with Crippen LogP contribution >= 0.6 is 0 Å². The van der Waals surface area contributed by atoms with Crippen LogP contribution in [0.5, 0.6) is 5.75 Å². The van der Waals surface area contributed by atoms with E-state index in [0.717, 1.165) is 23.4 Å². The largest absolute Gasteiger partial charge is 0.497 e. The van der Waals surface area contributed by atoms with Crippen molar-refractivity contribution in [3.63, 3.8) is 0 Å². The quantitative estimate of drug-likeness (QED) is 0.652. The van der Waals surface area contributed by atoms with Crippen LogP contribution in [0.4, 0.5) is 11.6 Å². The Labute approximate surface area is 165 Å². The molecule has 0 aliphatic rings. The van der Waals surface area contributed by atoms with Gasteiger partial charge in [-0.1, -0.05) is 18.2 Å². The van der Waals surface area contributed by atoms with Crippen LogP contribution < -0.4 is 15.4 Å². The van der Waals surface area contributed by atoms with Crippen molar-refractivity contribution >= 4 is 17.5 Å². The fourth-order valence-electron chi connectivity index (χ4n) is 2.67. The standard InChI is InChI=1S/C22H24N4O2/c1-15-4-7-19(12-16(15)2)26-21(27)18-13-24-22(25-14-18)23-11-10-17-5-8-20(28-3)9-6-17/h4-9,12-14H,10-11H2,1-3H3,(H,26,27)(H,23,24,25). The van der Waals surface area contributed by atoms with Crippen molar-refractivity contribution in [2.24, 2.45) is 0 Å². The summed E-state index contributed by atoms with van der Waals surface area (Å²) in [4.78, 5) is 20.8. The molecule has 1 aromatic heterocycles. The van der Waals surface area contributed by atoms with Crippen molar-refractivity contribution in [2.45, 2.75) is 20.3 Å². The molecule has 3 rings (SSSR count). The molecule has 0 bridgehead atoms.